The van der Waals surface area contributed by atoms with E-state index in [4.69, 9.17) is 33.2 Å². The molecule has 3 aromatic rings. The molecule has 0 bridgehead atoms. The van der Waals surface area contributed by atoms with Gasteiger partial charge in [-0.25, -0.2) is 0 Å². The molecule has 10 N–H and O–H groups in total. The van der Waals surface area contributed by atoms with Crippen molar-refractivity contribution in [3.8, 4) is 40.1 Å². The molecule has 0 spiro atoms. The number of phenolic OH excluding ortho intramolecular Hbond substituents is 4. The van der Waals surface area contributed by atoms with Gasteiger partial charge in [0, 0.05) is 17.7 Å². The molecule has 10 atom stereocenters. The van der Waals surface area contributed by atoms with Crippen LogP contribution in [0.2, 0.25) is 0 Å². The summed E-state index contributed by atoms with van der Waals surface area (Å²) in [5, 5.41) is 102. The first-order valence-corrected chi connectivity index (χ1v) is 14.5. The molecule has 3 heterocycles. The number of aliphatic carboxylic acids is 1. The van der Waals surface area contributed by atoms with Gasteiger partial charge in [-0.15, -0.1) is 0 Å². The van der Waals surface area contributed by atoms with E-state index in [-0.39, 0.29) is 11.1 Å². The van der Waals surface area contributed by atoms with Crippen molar-refractivity contribution in [2.45, 2.75) is 74.8 Å². The average Bonchev–Trinajstić information content (AvgIpc) is 3.03. The standard InChI is InChI=1S/C30H32O19/c1-9-20(38)23(41)25(43)29(45-9)49-28-24(42)21(39)16(8-44-18(37)7-17(35)36)47-30(28)48-27-22(40)19-14(34)5-11(31)6-15(19)46-26(27)10-2-3-12(32)13(33)4-10/h2-6,9,16,20-21,23-25,28-34,38-39,41-43H,7-8H2,1H3,(H,35,36)/t9-,16-,20+,21-,23-,24+,25+,28+,29+,30+/m1/s1. The largest absolute Gasteiger partial charge is 0.508 e. The normalized spacial score (nSPS) is 30.2. The number of carbonyl (C=O) groups is 2. The predicted octanol–water partition coefficient (Wildman–Crippen LogP) is -1.66. The Morgan fingerprint density at radius 2 is 1.53 bits per heavy atom. The lowest BCUT2D eigenvalue weighted by Crippen LogP contribution is -2.64. The Morgan fingerprint density at radius 3 is 2.20 bits per heavy atom. The van der Waals surface area contributed by atoms with Gasteiger partial charge >= 0.3 is 11.9 Å². The molecule has 0 radical (unpaired) electrons. The summed E-state index contributed by atoms with van der Waals surface area (Å²) < 4.78 is 33.4. The number of ether oxygens (including phenoxy) is 5. The summed E-state index contributed by atoms with van der Waals surface area (Å²) in [5.74, 6) is -6.54. The number of aliphatic hydroxyl groups is 5. The molecular formula is C30H32O19. The number of rotatable bonds is 9. The second kappa shape index (κ2) is 14.0. The molecular weight excluding hydrogens is 664 g/mol. The number of phenols is 4. The molecule has 49 heavy (non-hydrogen) atoms. The molecule has 0 amide bonds. The fourth-order valence-electron chi connectivity index (χ4n) is 5.26. The zero-order valence-corrected chi connectivity index (χ0v) is 25.2. The topological polar surface area (TPSA) is 313 Å². The van der Waals surface area contributed by atoms with Gasteiger partial charge in [0.05, 0.1) is 6.10 Å². The van der Waals surface area contributed by atoms with Crippen molar-refractivity contribution in [1.82, 2.24) is 0 Å². The van der Waals surface area contributed by atoms with Crippen molar-refractivity contribution in [2.75, 3.05) is 6.61 Å². The van der Waals surface area contributed by atoms with Gasteiger partial charge in [-0.3, -0.25) is 14.4 Å². The van der Waals surface area contributed by atoms with Crippen molar-refractivity contribution in [3.05, 3.63) is 40.6 Å². The van der Waals surface area contributed by atoms with E-state index in [1.54, 1.807) is 0 Å². The summed E-state index contributed by atoms with van der Waals surface area (Å²) >= 11 is 0. The molecule has 19 heteroatoms. The molecule has 2 fully saturated rings. The zero-order valence-electron chi connectivity index (χ0n) is 25.2. The van der Waals surface area contributed by atoms with Crippen LogP contribution in [0.5, 0.6) is 28.7 Å². The number of carbonyl (C=O) groups excluding carboxylic acids is 1. The van der Waals surface area contributed by atoms with E-state index in [1.165, 1.54) is 13.0 Å². The Labute approximate surface area is 273 Å². The molecule has 19 nitrogen and oxygen atoms in total. The highest BCUT2D eigenvalue weighted by atomic mass is 16.8. The summed E-state index contributed by atoms with van der Waals surface area (Å²) in [4.78, 5) is 36.7. The van der Waals surface area contributed by atoms with Crippen LogP contribution < -0.4 is 10.2 Å². The second-order valence-electron chi connectivity index (χ2n) is 11.3. The first kappa shape index (κ1) is 35.6. The maximum atomic E-state index is 13.9. The van der Waals surface area contributed by atoms with Crippen LogP contribution in [-0.2, 0) is 28.5 Å². The zero-order chi connectivity index (χ0) is 35.9. The maximum Gasteiger partial charge on any atom is 0.317 e. The SMILES string of the molecule is C[C@H]1O[C@@H](O[C@@H]2[C@H](Oc3c(-c4ccc(O)c(O)c4)oc4cc(O)cc(O)c4c3=O)O[C@H](COC(=O)CC(=O)O)[C@@H](O)[C@@H]2O)[C@@H](O)[C@H](O)[C@H]1O. The molecule has 0 saturated carbocycles. The Kier molecular flexibility index (Phi) is 10.2. The number of esters is 1. The molecule has 2 aliphatic heterocycles. The minimum atomic E-state index is -2.07. The van der Waals surface area contributed by atoms with E-state index < -0.39 is 132 Å². The van der Waals surface area contributed by atoms with Gasteiger partial charge in [-0.1, -0.05) is 0 Å². The number of aliphatic hydroxyl groups excluding tert-OH is 5. The van der Waals surface area contributed by atoms with Crippen LogP contribution in [-0.4, -0.2) is 131 Å². The van der Waals surface area contributed by atoms with E-state index in [9.17, 15) is 60.3 Å². The van der Waals surface area contributed by atoms with Gasteiger partial charge < -0.3 is 79.2 Å². The highest BCUT2D eigenvalue weighted by molar-refractivity contribution is 5.90. The number of aromatic hydroxyl groups is 4. The Hall–Kier alpha value is -4.73. The van der Waals surface area contributed by atoms with Gasteiger partial charge in [0.15, 0.2) is 29.7 Å². The third kappa shape index (κ3) is 7.19. The quantitative estimate of drug-likeness (QED) is 0.0680. The highest BCUT2D eigenvalue weighted by Crippen LogP contribution is 2.40. The van der Waals surface area contributed by atoms with Gasteiger partial charge in [-0.2, -0.15) is 0 Å². The van der Waals surface area contributed by atoms with E-state index in [0.29, 0.717) is 0 Å². The number of fused-ring (bicyclic) bond motifs is 1. The Balaban J connectivity index is 1.60. The van der Waals surface area contributed by atoms with E-state index >= 15 is 0 Å². The lowest BCUT2D eigenvalue weighted by atomic mass is 9.97. The molecule has 2 aliphatic rings. The number of hydrogen-bond acceptors (Lipinski definition) is 18. The lowest BCUT2D eigenvalue weighted by Gasteiger charge is -2.45. The number of benzene rings is 2. The summed E-state index contributed by atoms with van der Waals surface area (Å²) in [6, 6.07) is 4.99. The second-order valence-corrected chi connectivity index (χ2v) is 11.3. The van der Waals surface area contributed by atoms with Crippen molar-refractivity contribution in [1.29, 1.82) is 0 Å². The maximum absolute atomic E-state index is 13.9. The first-order valence-electron chi connectivity index (χ1n) is 14.5. The summed E-state index contributed by atoms with van der Waals surface area (Å²) in [5.41, 5.74) is -1.60. The molecule has 5 rings (SSSR count). The molecule has 266 valence electrons. The average molecular weight is 697 g/mol. The van der Waals surface area contributed by atoms with Gasteiger partial charge in [0.2, 0.25) is 17.5 Å². The number of carboxylic acid groups (broad SMARTS) is 1. The summed E-state index contributed by atoms with van der Waals surface area (Å²) in [7, 11) is 0. The Morgan fingerprint density at radius 1 is 0.816 bits per heavy atom. The third-order valence-electron chi connectivity index (χ3n) is 7.84. The van der Waals surface area contributed by atoms with E-state index in [1.807, 2.05) is 0 Å². The summed E-state index contributed by atoms with van der Waals surface area (Å²) in [6.45, 7) is 0.477. The van der Waals surface area contributed by atoms with Gasteiger partial charge in [0.25, 0.3) is 0 Å². The van der Waals surface area contributed by atoms with Crippen LogP contribution in [0, 0.1) is 0 Å². The van der Waals surface area contributed by atoms with Crippen molar-refractivity contribution in [3.63, 3.8) is 0 Å². The van der Waals surface area contributed by atoms with E-state index in [0.717, 1.165) is 24.3 Å². The molecule has 2 aromatic carbocycles. The molecule has 0 unspecified atom stereocenters. The fraction of sp³-hybridized carbons (Fsp3) is 0.433. The smallest absolute Gasteiger partial charge is 0.317 e. The number of hydrogen-bond donors (Lipinski definition) is 10. The summed E-state index contributed by atoms with van der Waals surface area (Å²) in [6.07, 6.45) is -19.0. The molecule has 2 saturated heterocycles. The minimum absolute atomic E-state index is 0.114. The monoisotopic (exact) mass is 696 g/mol. The number of carboxylic acids is 1. The van der Waals surface area contributed by atoms with Crippen LogP contribution in [0.15, 0.2) is 39.5 Å². The van der Waals surface area contributed by atoms with E-state index in [2.05, 4.69) is 0 Å². The van der Waals surface area contributed by atoms with Crippen LogP contribution in [0.1, 0.15) is 13.3 Å². The van der Waals surface area contributed by atoms with Crippen molar-refractivity contribution < 1.29 is 88.8 Å². The third-order valence-corrected chi connectivity index (χ3v) is 7.84. The van der Waals surface area contributed by atoms with Crippen LogP contribution in [0.3, 0.4) is 0 Å². The predicted molar refractivity (Wildman–Crippen MR) is 156 cm³/mol. The molecule has 1 aromatic heterocycles. The van der Waals surface area contributed by atoms with Crippen molar-refractivity contribution >= 4 is 22.9 Å². The first-order chi connectivity index (χ1) is 23.1. The van der Waals surface area contributed by atoms with Crippen LogP contribution in [0.4, 0.5) is 0 Å². The van der Waals surface area contributed by atoms with Crippen LogP contribution in [0.25, 0.3) is 22.3 Å². The van der Waals surface area contributed by atoms with Gasteiger partial charge in [-0.05, 0) is 25.1 Å². The minimum Gasteiger partial charge on any atom is -0.508 e. The molecule has 0 aliphatic carbocycles. The van der Waals surface area contributed by atoms with Crippen molar-refractivity contribution in [2.24, 2.45) is 0 Å². The van der Waals surface area contributed by atoms with Crippen LogP contribution >= 0.6 is 0 Å². The fourth-order valence-corrected chi connectivity index (χ4v) is 5.26. The Bertz CT molecular complexity index is 1770. The lowest BCUT2D eigenvalue weighted by molar-refractivity contribution is -0.354. The highest BCUT2D eigenvalue weighted by Gasteiger charge is 2.51. The van der Waals surface area contributed by atoms with Gasteiger partial charge in [0.1, 0.15) is 72.1 Å².